The molecule has 0 spiro atoms. The molecule has 0 aromatic heterocycles. The highest BCUT2D eigenvalue weighted by Gasteiger charge is 2.40. The highest BCUT2D eigenvalue weighted by molar-refractivity contribution is 8.23. The fraction of sp³-hybridized carbons (Fsp3) is 0.812. The highest BCUT2D eigenvalue weighted by Crippen LogP contribution is 2.39. The van der Waals surface area contributed by atoms with Gasteiger partial charge in [0.25, 0.3) is 0 Å². The number of thiocarbonyl (C=S) groups is 1. The Balaban J connectivity index is 2.55. The molecule has 1 saturated carbocycles. The summed E-state index contributed by atoms with van der Waals surface area (Å²) < 4.78 is 10.9. The lowest BCUT2D eigenvalue weighted by Crippen LogP contribution is -2.39. The molecule has 0 amide bonds. The Morgan fingerprint density at radius 1 is 1.41 bits per heavy atom. The van der Waals surface area contributed by atoms with Crippen molar-refractivity contribution in [3.63, 3.8) is 0 Å². The van der Waals surface area contributed by atoms with Gasteiger partial charge in [0, 0.05) is 24.5 Å². The van der Waals surface area contributed by atoms with Gasteiger partial charge in [0.2, 0.25) is 4.38 Å². The summed E-state index contributed by atoms with van der Waals surface area (Å²) in [6.45, 7) is 6.23. The zero-order chi connectivity index (χ0) is 16.5. The molecule has 0 aliphatic heterocycles. The van der Waals surface area contributed by atoms with Crippen LogP contribution in [0.2, 0.25) is 0 Å². The van der Waals surface area contributed by atoms with Crippen LogP contribution in [0.25, 0.3) is 0 Å². The number of unbranched alkanes of at least 4 members (excludes halogenated alkanes) is 1. The number of hydrogen-bond acceptors (Lipinski definition) is 6. The number of esters is 1. The van der Waals surface area contributed by atoms with Crippen molar-refractivity contribution >= 4 is 40.1 Å². The van der Waals surface area contributed by atoms with Crippen LogP contribution in [0.1, 0.15) is 52.9 Å². The van der Waals surface area contributed by atoms with Gasteiger partial charge in [0.15, 0.2) is 0 Å². The minimum absolute atomic E-state index is 0.0127. The number of carbonyl (C=O) groups excluding carboxylic acids is 2. The van der Waals surface area contributed by atoms with Crippen molar-refractivity contribution in [1.29, 1.82) is 0 Å². The van der Waals surface area contributed by atoms with Crippen molar-refractivity contribution in [1.82, 2.24) is 0 Å². The number of Topliss-reactive ketones (excluding diaryl/α,β-unsaturated/α-hetero) is 1. The Hall–Kier alpha value is -0.620. The zero-order valence-corrected chi connectivity index (χ0v) is 15.3. The van der Waals surface area contributed by atoms with E-state index in [9.17, 15) is 9.59 Å². The molecule has 1 aliphatic carbocycles. The largest absolute Gasteiger partial charge is 0.479 e. The Morgan fingerprint density at radius 2 is 2.14 bits per heavy atom. The molecule has 0 aromatic carbocycles. The van der Waals surface area contributed by atoms with Crippen LogP contribution in [0.15, 0.2) is 0 Å². The zero-order valence-electron chi connectivity index (χ0n) is 13.6. The monoisotopic (exact) mass is 346 g/mol. The first-order valence-electron chi connectivity index (χ1n) is 7.97. The second-order valence-corrected chi connectivity index (χ2v) is 7.54. The second kappa shape index (κ2) is 10.2. The van der Waals surface area contributed by atoms with Gasteiger partial charge in [-0.3, -0.25) is 9.59 Å². The van der Waals surface area contributed by atoms with Crippen molar-refractivity contribution in [3.8, 4) is 0 Å². The first-order chi connectivity index (χ1) is 10.5. The van der Waals surface area contributed by atoms with Gasteiger partial charge in [-0.2, -0.15) is 0 Å². The lowest BCUT2D eigenvalue weighted by molar-refractivity contribution is -0.141. The molecular weight excluding hydrogens is 320 g/mol. The van der Waals surface area contributed by atoms with E-state index in [-0.39, 0.29) is 23.7 Å². The lowest BCUT2D eigenvalue weighted by Gasteiger charge is -2.37. The molecule has 126 valence electrons. The van der Waals surface area contributed by atoms with Crippen LogP contribution < -0.4 is 0 Å². The van der Waals surface area contributed by atoms with Gasteiger partial charge in [-0.1, -0.05) is 31.5 Å². The van der Waals surface area contributed by atoms with Gasteiger partial charge in [-0.25, -0.2) is 0 Å². The van der Waals surface area contributed by atoms with Crippen LogP contribution in [-0.2, 0) is 19.1 Å². The average Bonchev–Trinajstić information content (AvgIpc) is 2.46. The third kappa shape index (κ3) is 6.65. The minimum Gasteiger partial charge on any atom is -0.479 e. The fourth-order valence-corrected chi connectivity index (χ4v) is 4.10. The van der Waals surface area contributed by atoms with E-state index >= 15 is 0 Å². The smallest absolute Gasteiger partial charge is 0.302 e. The predicted octanol–water partition coefficient (Wildman–Crippen LogP) is 3.76. The SMILES string of the molecule is CCCCC1CC(=O)C1CC(COC(C)=O)SC(=S)OCC. The van der Waals surface area contributed by atoms with E-state index in [1.165, 1.54) is 18.7 Å². The maximum absolute atomic E-state index is 11.9. The van der Waals surface area contributed by atoms with E-state index < -0.39 is 0 Å². The molecule has 0 bridgehead atoms. The van der Waals surface area contributed by atoms with Crippen molar-refractivity contribution in [2.75, 3.05) is 13.2 Å². The molecule has 4 nitrogen and oxygen atoms in total. The molecule has 0 radical (unpaired) electrons. The molecule has 22 heavy (non-hydrogen) atoms. The molecule has 3 unspecified atom stereocenters. The highest BCUT2D eigenvalue weighted by atomic mass is 32.2. The quantitative estimate of drug-likeness (QED) is 0.468. The average molecular weight is 347 g/mol. The van der Waals surface area contributed by atoms with Gasteiger partial charge in [0.1, 0.15) is 12.4 Å². The Bertz CT molecular complexity index is 398. The number of hydrogen-bond donors (Lipinski definition) is 0. The van der Waals surface area contributed by atoms with Crippen molar-refractivity contribution in [2.24, 2.45) is 11.8 Å². The summed E-state index contributed by atoms with van der Waals surface area (Å²) in [5.74, 6) is 0.588. The third-order valence-electron chi connectivity index (χ3n) is 3.89. The summed E-state index contributed by atoms with van der Waals surface area (Å²) in [5, 5.41) is -0.0127. The summed E-state index contributed by atoms with van der Waals surface area (Å²) in [7, 11) is 0. The summed E-state index contributed by atoms with van der Waals surface area (Å²) in [5.41, 5.74) is 0. The van der Waals surface area contributed by atoms with Crippen molar-refractivity contribution in [2.45, 2.75) is 58.1 Å². The molecule has 0 saturated heterocycles. The van der Waals surface area contributed by atoms with E-state index in [2.05, 4.69) is 6.92 Å². The van der Waals surface area contributed by atoms with E-state index in [4.69, 9.17) is 21.7 Å². The van der Waals surface area contributed by atoms with Crippen LogP contribution in [-0.4, -0.2) is 34.6 Å². The molecule has 1 rings (SSSR count). The normalized spacial score (nSPS) is 21.9. The van der Waals surface area contributed by atoms with E-state index in [0.29, 0.717) is 35.5 Å². The molecule has 0 heterocycles. The number of ketones is 1. The number of ether oxygens (including phenoxy) is 2. The first kappa shape index (κ1) is 19.4. The lowest BCUT2D eigenvalue weighted by atomic mass is 9.68. The van der Waals surface area contributed by atoms with Crippen molar-refractivity contribution in [3.05, 3.63) is 0 Å². The molecule has 6 heteroatoms. The summed E-state index contributed by atoms with van der Waals surface area (Å²) >= 11 is 6.56. The van der Waals surface area contributed by atoms with Crippen LogP contribution in [0, 0.1) is 11.8 Å². The van der Waals surface area contributed by atoms with Gasteiger partial charge in [-0.05, 0) is 37.9 Å². The number of thioether (sulfide) groups is 1. The summed E-state index contributed by atoms with van der Waals surface area (Å²) in [6.07, 6.45) is 4.82. The van der Waals surface area contributed by atoms with E-state index in [0.717, 1.165) is 19.3 Å². The maximum Gasteiger partial charge on any atom is 0.302 e. The van der Waals surface area contributed by atoms with Crippen molar-refractivity contribution < 1.29 is 19.1 Å². The van der Waals surface area contributed by atoms with Crippen LogP contribution >= 0.6 is 24.0 Å². The fourth-order valence-electron chi connectivity index (χ4n) is 2.68. The van der Waals surface area contributed by atoms with Gasteiger partial charge < -0.3 is 9.47 Å². The minimum atomic E-state index is -0.310. The van der Waals surface area contributed by atoms with Gasteiger partial charge in [0.05, 0.1) is 6.61 Å². The van der Waals surface area contributed by atoms with Crippen LogP contribution in [0.3, 0.4) is 0 Å². The number of rotatable bonds is 9. The molecule has 0 N–H and O–H groups in total. The summed E-state index contributed by atoms with van der Waals surface area (Å²) in [6, 6.07) is 0. The Morgan fingerprint density at radius 3 is 2.68 bits per heavy atom. The molecule has 1 aliphatic rings. The Labute approximate surface area is 142 Å². The van der Waals surface area contributed by atoms with Crippen LogP contribution in [0.4, 0.5) is 0 Å². The standard InChI is InChI=1S/C16H26O4S2/c1-4-6-7-12-8-15(18)14(12)9-13(10-20-11(3)17)22-16(21)19-5-2/h12-14H,4-10H2,1-3H3. The molecule has 0 aromatic rings. The molecule has 1 fully saturated rings. The molecule has 3 atom stereocenters. The topological polar surface area (TPSA) is 52.6 Å². The van der Waals surface area contributed by atoms with Crippen LogP contribution in [0.5, 0.6) is 0 Å². The maximum atomic E-state index is 11.9. The molecular formula is C16H26O4S2. The van der Waals surface area contributed by atoms with E-state index in [1.54, 1.807) is 0 Å². The Kier molecular flexibility index (Phi) is 9.02. The van der Waals surface area contributed by atoms with E-state index in [1.807, 2.05) is 6.92 Å². The van der Waals surface area contributed by atoms with Gasteiger partial charge >= 0.3 is 5.97 Å². The third-order valence-corrected chi connectivity index (χ3v) is 5.27. The second-order valence-electron chi connectivity index (χ2n) is 5.64. The first-order valence-corrected chi connectivity index (χ1v) is 9.26. The summed E-state index contributed by atoms with van der Waals surface area (Å²) in [4.78, 5) is 22.9. The van der Waals surface area contributed by atoms with Gasteiger partial charge in [-0.15, -0.1) is 0 Å². The number of carbonyl (C=O) groups is 2. The predicted molar refractivity (Wildman–Crippen MR) is 93.0 cm³/mol.